The van der Waals surface area contributed by atoms with E-state index in [9.17, 15) is 0 Å². The lowest BCUT2D eigenvalue weighted by Crippen LogP contribution is -2.27. The van der Waals surface area contributed by atoms with Crippen molar-refractivity contribution in [2.24, 2.45) is 5.73 Å². The second kappa shape index (κ2) is 5.63. The molecule has 1 saturated heterocycles. The largest absolute Gasteiger partial charge is 0.354 e. The molecule has 1 fully saturated rings. The van der Waals surface area contributed by atoms with Crippen LogP contribution in [0.2, 0.25) is 0 Å². The van der Waals surface area contributed by atoms with E-state index in [0.717, 1.165) is 47.6 Å². The van der Waals surface area contributed by atoms with E-state index in [1.165, 1.54) is 5.56 Å². The predicted molar refractivity (Wildman–Crippen MR) is 94.5 cm³/mol. The minimum Gasteiger partial charge on any atom is -0.354 e. The number of anilines is 1. The minimum atomic E-state index is 0.227. The van der Waals surface area contributed by atoms with Crippen LogP contribution in [0, 0.1) is 6.92 Å². The van der Waals surface area contributed by atoms with Crippen LogP contribution in [0.25, 0.3) is 22.3 Å². The molecule has 0 bridgehead atoms. The zero-order valence-electron chi connectivity index (χ0n) is 13.2. The fourth-order valence-corrected chi connectivity index (χ4v) is 3.16. The van der Waals surface area contributed by atoms with Crippen LogP contribution in [0.1, 0.15) is 12.0 Å². The summed E-state index contributed by atoms with van der Waals surface area (Å²) in [4.78, 5) is 12.0. The van der Waals surface area contributed by atoms with Crippen molar-refractivity contribution < 1.29 is 0 Å². The monoisotopic (exact) mass is 304 g/mol. The molecule has 0 spiro atoms. The highest BCUT2D eigenvalue weighted by atomic mass is 15.2. The van der Waals surface area contributed by atoms with Gasteiger partial charge in [0, 0.05) is 30.1 Å². The Morgan fingerprint density at radius 3 is 2.65 bits per heavy atom. The smallest absolute Gasteiger partial charge is 0.162 e. The number of nitrogens with zero attached hydrogens (tertiary/aromatic N) is 3. The number of fused-ring (bicyclic) bond motifs is 1. The Labute approximate surface area is 136 Å². The molecule has 23 heavy (non-hydrogen) atoms. The van der Waals surface area contributed by atoms with Gasteiger partial charge in [0.1, 0.15) is 5.82 Å². The average Bonchev–Trinajstić information content (AvgIpc) is 3.00. The van der Waals surface area contributed by atoms with E-state index in [0.29, 0.717) is 0 Å². The van der Waals surface area contributed by atoms with Gasteiger partial charge in [-0.25, -0.2) is 9.97 Å². The highest BCUT2D eigenvalue weighted by Crippen LogP contribution is 2.30. The molecule has 2 N–H and O–H groups in total. The van der Waals surface area contributed by atoms with Gasteiger partial charge >= 0.3 is 0 Å². The Hall–Kier alpha value is -2.46. The number of benzene rings is 2. The number of aromatic nitrogens is 2. The lowest BCUT2D eigenvalue weighted by atomic mass is 10.1. The van der Waals surface area contributed by atoms with Crippen molar-refractivity contribution in [1.29, 1.82) is 0 Å². The van der Waals surface area contributed by atoms with Crippen LogP contribution in [0.4, 0.5) is 5.82 Å². The minimum absolute atomic E-state index is 0.227. The van der Waals surface area contributed by atoms with Crippen LogP contribution in [0.3, 0.4) is 0 Å². The Morgan fingerprint density at radius 2 is 1.91 bits per heavy atom. The third-order valence-corrected chi connectivity index (χ3v) is 4.39. The maximum atomic E-state index is 6.09. The van der Waals surface area contributed by atoms with Gasteiger partial charge in [-0.1, -0.05) is 36.4 Å². The molecule has 0 saturated carbocycles. The van der Waals surface area contributed by atoms with Gasteiger partial charge in [0.2, 0.25) is 0 Å². The third-order valence-electron chi connectivity index (χ3n) is 4.39. The van der Waals surface area contributed by atoms with Crippen LogP contribution >= 0.6 is 0 Å². The van der Waals surface area contributed by atoms with Crippen LogP contribution in [0.15, 0.2) is 48.5 Å². The van der Waals surface area contributed by atoms with Gasteiger partial charge in [-0.2, -0.15) is 0 Å². The van der Waals surface area contributed by atoms with E-state index in [1.807, 2.05) is 18.2 Å². The lowest BCUT2D eigenvalue weighted by molar-refractivity contribution is 0.751. The van der Waals surface area contributed by atoms with Gasteiger partial charge in [0.25, 0.3) is 0 Å². The zero-order valence-corrected chi connectivity index (χ0v) is 13.2. The molecule has 4 heteroatoms. The van der Waals surface area contributed by atoms with Gasteiger partial charge in [0.05, 0.1) is 5.52 Å². The molecular formula is C19H20N4. The highest BCUT2D eigenvalue weighted by molar-refractivity contribution is 5.91. The van der Waals surface area contributed by atoms with E-state index in [4.69, 9.17) is 15.7 Å². The molecule has 0 aliphatic carbocycles. The Balaban J connectivity index is 1.92. The van der Waals surface area contributed by atoms with Crippen molar-refractivity contribution in [2.75, 3.05) is 18.0 Å². The molecule has 3 aromatic rings. The van der Waals surface area contributed by atoms with Crippen molar-refractivity contribution in [2.45, 2.75) is 19.4 Å². The van der Waals surface area contributed by atoms with Gasteiger partial charge in [0.15, 0.2) is 5.82 Å². The van der Waals surface area contributed by atoms with Crippen LogP contribution in [-0.4, -0.2) is 29.1 Å². The Kier molecular flexibility index (Phi) is 3.46. The first kappa shape index (κ1) is 14.2. The van der Waals surface area contributed by atoms with Crippen molar-refractivity contribution in [1.82, 2.24) is 9.97 Å². The Morgan fingerprint density at radius 1 is 1.09 bits per heavy atom. The molecule has 2 heterocycles. The summed E-state index contributed by atoms with van der Waals surface area (Å²) >= 11 is 0. The highest BCUT2D eigenvalue weighted by Gasteiger charge is 2.23. The number of hydrogen-bond donors (Lipinski definition) is 1. The lowest BCUT2D eigenvalue weighted by Gasteiger charge is -2.20. The van der Waals surface area contributed by atoms with Crippen LogP contribution < -0.4 is 10.6 Å². The second-order valence-corrected chi connectivity index (χ2v) is 6.25. The van der Waals surface area contributed by atoms with Crippen molar-refractivity contribution in [3.05, 3.63) is 54.1 Å². The molecule has 0 radical (unpaired) electrons. The molecular weight excluding hydrogens is 284 g/mol. The van der Waals surface area contributed by atoms with E-state index in [2.05, 4.69) is 42.2 Å². The quantitative estimate of drug-likeness (QED) is 0.790. The topological polar surface area (TPSA) is 55.0 Å². The first-order chi connectivity index (χ1) is 11.2. The summed E-state index contributed by atoms with van der Waals surface area (Å²) in [6.07, 6.45) is 1.01. The SMILES string of the molecule is Cc1ccc2c(N3CCC(N)C3)nc(-c3ccccc3)nc2c1. The average molecular weight is 304 g/mol. The van der Waals surface area contributed by atoms with Crippen molar-refractivity contribution in [3.63, 3.8) is 0 Å². The van der Waals surface area contributed by atoms with Gasteiger partial charge in [-0.3, -0.25) is 0 Å². The van der Waals surface area contributed by atoms with Gasteiger partial charge < -0.3 is 10.6 Å². The molecule has 1 aliphatic rings. The summed E-state index contributed by atoms with van der Waals surface area (Å²) in [7, 11) is 0. The molecule has 4 rings (SSSR count). The first-order valence-electron chi connectivity index (χ1n) is 8.05. The second-order valence-electron chi connectivity index (χ2n) is 6.25. The number of hydrogen-bond acceptors (Lipinski definition) is 4. The molecule has 116 valence electrons. The molecule has 1 aliphatic heterocycles. The van der Waals surface area contributed by atoms with Crippen molar-refractivity contribution in [3.8, 4) is 11.4 Å². The maximum Gasteiger partial charge on any atom is 0.162 e. The van der Waals surface area contributed by atoms with E-state index >= 15 is 0 Å². The van der Waals surface area contributed by atoms with Crippen LogP contribution in [-0.2, 0) is 0 Å². The maximum absolute atomic E-state index is 6.09. The molecule has 1 aromatic heterocycles. The molecule has 2 aromatic carbocycles. The fourth-order valence-electron chi connectivity index (χ4n) is 3.16. The Bertz CT molecular complexity index is 845. The molecule has 1 atom stereocenters. The fraction of sp³-hybridized carbons (Fsp3) is 0.263. The molecule has 1 unspecified atom stereocenters. The summed E-state index contributed by atoms with van der Waals surface area (Å²) < 4.78 is 0. The van der Waals surface area contributed by atoms with E-state index in [-0.39, 0.29) is 6.04 Å². The number of aryl methyl sites for hydroxylation is 1. The summed E-state index contributed by atoms with van der Waals surface area (Å²) in [5.41, 5.74) is 9.34. The standard InChI is InChI=1S/C19H20N4/c1-13-7-8-16-17(11-13)21-18(14-5-3-2-4-6-14)22-19(16)23-10-9-15(20)12-23/h2-8,11,15H,9-10,12,20H2,1H3. The molecule has 0 amide bonds. The normalized spacial score (nSPS) is 17.8. The van der Waals surface area contributed by atoms with Gasteiger partial charge in [-0.15, -0.1) is 0 Å². The van der Waals surface area contributed by atoms with E-state index in [1.54, 1.807) is 0 Å². The first-order valence-corrected chi connectivity index (χ1v) is 8.05. The van der Waals surface area contributed by atoms with Gasteiger partial charge in [-0.05, 0) is 31.0 Å². The number of nitrogens with two attached hydrogens (primary N) is 1. The molecule has 4 nitrogen and oxygen atoms in total. The summed E-state index contributed by atoms with van der Waals surface area (Å²) in [5.74, 6) is 1.78. The summed E-state index contributed by atoms with van der Waals surface area (Å²) in [5, 5.41) is 1.10. The third kappa shape index (κ3) is 2.66. The summed E-state index contributed by atoms with van der Waals surface area (Å²) in [6, 6.07) is 16.7. The van der Waals surface area contributed by atoms with Crippen LogP contribution in [0.5, 0.6) is 0 Å². The van der Waals surface area contributed by atoms with Crippen molar-refractivity contribution >= 4 is 16.7 Å². The zero-order chi connectivity index (χ0) is 15.8. The predicted octanol–water partition coefficient (Wildman–Crippen LogP) is 3.14. The number of rotatable bonds is 2. The summed E-state index contributed by atoms with van der Waals surface area (Å²) in [6.45, 7) is 3.90. The van der Waals surface area contributed by atoms with E-state index < -0.39 is 0 Å².